The standard InChI is InChI=1S/C13H20N2/c1-10-6-7-11(9-13(10)15(2)3)12-5-4-8-14-12/h6-7,9,12,14H,4-5,8H2,1-3H3. The molecule has 0 aliphatic carbocycles. The van der Waals surface area contributed by atoms with E-state index in [0.717, 1.165) is 6.54 Å². The molecule has 0 amide bonds. The van der Waals surface area contributed by atoms with Crippen LogP contribution in [0.3, 0.4) is 0 Å². The van der Waals surface area contributed by atoms with E-state index in [1.54, 1.807) is 0 Å². The second-order valence-electron chi connectivity index (χ2n) is 4.59. The highest BCUT2D eigenvalue weighted by Crippen LogP contribution is 2.27. The average Bonchev–Trinajstić information content (AvgIpc) is 2.71. The van der Waals surface area contributed by atoms with Gasteiger partial charge in [-0.1, -0.05) is 12.1 Å². The summed E-state index contributed by atoms with van der Waals surface area (Å²) >= 11 is 0. The molecule has 1 unspecified atom stereocenters. The normalized spacial score (nSPS) is 20.6. The molecule has 2 nitrogen and oxygen atoms in total. The van der Waals surface area contributed by atoms with Crippen LogP contribution in [0.25, 0.3) is 0 Å². The number of aryl methyl sites for hydroxylation is 1. The maximum atomic E-state index is 3.54. The highest BCUT2D eigenvalue weighted by atomic mass is 15.1. The highest BCUT2D eigenvalue weighted by molar-refractivity contribution is 5.54. The maximum Gasteiger partial charge on any atom is 0.0394 e. The molecule has 1 aromatic rings. The molecule has 1 N–H and O–H groups in total. The first-order valence-corrected chi connectivity index (χ1v) is 5.70. The quantitative estimate of drug-likeness (QED) is 0.796. The summed E-state index contributed by atoms with van der Waals surface area (Å²) in [6, 6.07) is 7.37. The van der Waals surface area contributed by atoms with E-state index in [-0.39, 0.29) is 0 Å². The van der Waals surface area contributed by atoms with Gasteiger partial charge in [-0.05, 0) is 43.5 Å². The summed E-state index contributed by atoms with van der Waals surface area (Å²) in [5.41, 5.74) is 4.12. The smallest absolute Gasteiger partial charge is 0.0394 e. The van der Waals surface area contributed by atoms with Gasteiger partial charge in [-0.15, -0.1) is 0 Å². The Morgan fingerprint density at radius 1 is 1.33 bits per heavy atom. The van der Waals surface area contributed by atoms with Crippen molar-refractivity contribution in [2.75, 3.05) is 25.5 Å². The van der Waals surface area contributed by atoms with Crippen LogP contribution in [-0.2, 0) is 0 Å². The van der Waals surface area contributed by atoms with Crippen LogP contribution in [0.2, 0.25) is 0 Å². The molecule has 15 heavy (non-hydrogen) atoms. The topological polar surface area (TPSA) is 15.3 Å². The summed E-state index contributed by atoms with van der Waals surface area (Å²) in [5, 5.41) is 3.54. The molecule has 2 heteroatoms. The van der Waals surface area contributed by atoms with Gasteiger partial charge in [0.2, 0.25) is 0 Å². The van der Waals surface area contributed by atoms with Crippen LogP contribution in [-0.4, -0.2) is 20.6 Å². The number of benzene rings is 1. The van der Waals surface area contributed by atoms with Crippen LogP contribution in [0.1, 0.15) is 30.0 Å². The largest absolute Gasteiger partial charge is 0.377 e. The predicted molar refractivity (Wildman–Crippen MR) is 65.5 cm³/mol. The summed E-state index contributed by atoms with van der Waals surface area (Å²) in [6.07, 6.45) is 2.58. The molecule has 0 spiro atoms. The van der Waals surface area contributed by atoms with E-state index in [4.69, 9.17) is 0 Å². The van der Waals surface area contributed by atoms with Crippen LogP contribution in [0, 0.1) is 6.92 Å². The molecule has 2 rings (SSSR count). The van der Waals surface area contributed by atoms with E-state index < -0.39 is 0 Å². The molecule has 1 atom stereocenters. The molecule has 0 aromatic heterocycles. The Bertz CT molecular complexity index is 338. The Hall–Kier alpha value is -1.02. The summed E-state index contributed by atoms with van der Waals surface area (Å²) in [6.45, 7) is 3.33. The van der Waals surface area contributed by atoms with E-state index >= 15 is 0 Å². The number of rotatable bonds is 2. The van der Waals surface area contributed by atoms with Gasteiger partial charge in [0.25, 0.3) is 0 Å². The van der Waals surface area contributed by atoms with Gasteiger partial charge in [-0.2, -0.15) is 0 Å². The Morgan fingerprint density at radius 2 is 2.13 bits per heavy atom. The van der Waals surface area contributed by atoms with Crippen molar-refractivity contribution >= 4 is 5.69 Å². The van der Waals surface area contributed by atoms with Crippen molar-refractivity contribution in [2.24, 2.45) is 0 Å². The fourth-order valence-electron chi connectivity index (χ4n) is 2.29. The fraction of sp³-hybridized carbons (Fsp3) is 0.538. The van der Waals surface area contributed by atoms with Gasteiger partial charge >= 0.3 is 0 Å². The minimum Gasteiger partial charge on any atom is -0.377 e. The van der Waals surface area contributed by atoms with Crippen molar-refractivity contribution in [1.29, 1.82) is 0 Å². The summed E-state index contributed by atoms with van der Waals surface area (Å²) in [5.74, 6) is 0. The molecule has 1 fully saturated rings. The van der Waals surface area contributed by atoms with Crippen molar-refractivity contribution in [2.45, 2.75) is 25.8 Å². The number of nitrogens with one attached hydrogen (secondary N) is 1. The Labute approximate surface area is 92.3 Å². The zero-order valence-electron chi connectivity index (χ0n) is 9.88. The Balaban J connectivity index is 2.29. The molecule has 1 aliphatic rings. The van der Waals surface area contributed by atoms with Gasteiger partial charge in [0.1, 0.15) is 0 Å². The monoisotopic (exact) mass is 204 g/mol. The van der Waals surface area contributed by atoms with Crippen LogP contribution in [0.5, 0.6) is 0 Å². The third-order valence-electron chi connectivity index (χ3n) is 3.18. The summed E-state index contributed by atoms with van der Waals surface area (Å²) in [7, 11) is 4.21. The molecular weight excluding hydrogens is 184 g/mol. The molecule has 1 aliphatic heterocycles. The molecular formula is C13H20N2. The third-order valence-corrected chi connectivity index (χ3v) is 3.18. The van der Waals surface area contributed by atoms with Crippen molar-refractivity contribution in [3.05, 3.63) is 29.3 Å². The van der Waals surface area contributed by atoms with Crippen LogP contribution < -0.4 is 10.2 Å². The van der Waals surface area contributed by atoms with Crippen molar-refractivity contribution in [3.8, 4) is 0 Å². The first kappa shape index (κ1) is 10.5. The van der Waals surface area contributed by atoms with E-state index in [1.165, 1.54) is 29.7 Å². The lowest BCUT2D eigenvalue weighted by molar-refractivity contribution is 0.647. The fourth-order valence-corrected chi connectivity index (χ4v) is 2.29. The number of hydrogen-bond donors (Lipinski definition) is 1. The number of anilines is 1. The van der Waals surface area contributed by atoms with Crippen LogP contribution >= 0.6 is 0 Å². The molecule has 0 saturated carbocycles. The molecule has 1 heterocycles. The third kappa shape index (κ3) is 2.15. The minimum absolute atomic E-state index is 0.573. The van der Waals surface area contributed by atoms with E-state index in [2.05, 4.69) is 49.4 Å². The lowest BCUT2D eigenvalue weighted by Crippen LogP contribution is -2.15. The SMILES string of the molecule is Cc1ccc(C2CCCN2)cc1N(C)C. The van der Waals surface area contributed by atoms with Crippen LogP contribution in [0.4, 0.5) is 5.69 Å². The lowest BCUT2D eigenvalue weighted by atomic mass is 10.0. The first-order chi connectivity index (χ1) is 7.18. The number of nitrogens with zero attached hydrogens (tertiary/aromatic N) is 1. The molecule has 82 valence electrons. The van der Waals surface area contributed by atoms with Gasteiger partial charge in [-0.3, -0.25) is 0 Å². The van der Waals surface area contributed by atoms with Crippen molar-refractivity contribution < 1.29 is 0 Å². The van der Waals surface area contributed by atoms with Gasteiger partial charge in [-0.25, -0.2) is 0 Å². The van der Waals surface area contributed by atoms with Crippen molar-refractivity contribution in [1.82, 2.24) is 5.32 Å². The first-order valence-electron chi connectivity index (χ1n) is 5.70. The summed E-state index contributed by atoms with van der Waals surface area (Å²) in [4.78, 5) is 2.19. The van der Waals surface area contributed by atoms with E-state index in [1.807, 2.05) is 0 Å². The molecule has 0 bridgehead atoms. The van der Waals surface area contributed by atoms with Gasteiger partial charge in [0.05, 0.1) is 0 Å². The summed E-state index contributed by atoms with van der Waals surface area (Å²) < 4.78 is 0. The second kappa shape index (κ2) is 4.23. The van der Waals surface area contributed by atoms with Gasteiger partial charge in [0.15, 0.2) is 0 Å². The van der Waals surface area contributed by atoms with Crippen molar-refractivity contribution in [3.63, 3.8) is 0 Å². The molecule has 1 aromatic carbocycles. The highest BCUT2D eigenvalue weighted by Gasteiger charge is 2.16. The molecule has 1 saturated heterocycles. The van der Waals surface area contributed by atoms with E-state index in [0.29, 0.717) is 6.04 Å². The van der Waals surface area contributed by atoms with E-state index in [9.17, 15) is 0 Å². The number of hydrogen-bond acceptors (Lipinski definition) is 2. The van der Waals surface area contributed by atoms with Crippen LogP contribution in [0.15, 0.2) is 18.2 Å². The Morgan fingerprint density at radius 3 is 2.73 bits per heavy atom. The minimum atomic E-state index is 0.573. The lowest BCUT2D eigenvalue weighted by Gasteiger charge is -2.19. The second-order valence-corrected chi connectivity index (χ2v) is 4.59. The maximum absolute atomic E-state index is 3.54. The van der Waals surface area contributed by atoms with Gasteiger partial charge in [0, 0.05) is 25.8 Å². The zero-order chi connectivity index (χ0) is 10.8. The Kier molecular flexibility index (Phi) is 2.96. The average molecular weight is 204 g/mol. The zero-order valence-corrected chi connectivity index (χ0v) is 9.88. The molecule has 0 radical (unpaired) electrons. The van der Waals surface area contributed by atoms with Gasteiger partial charge < -0.3 is 10.2 Å². The predicted octanol–water partition coefficient (Wildman–Crippen LogP) is 2.49.